The minimum absolute atomic E-state index is 0.104. The first-order valence-electron chi connectivity index (χ1n) is 3.26. The van der Waals surface area contributed by atoms with Crippen molar-refractivity contribution in [3.8, 4) is 0 Å². The summed E-state index contributed by atoms with van der Waals surface area (Å²) >= 11 is 0. The van der Waals surface area contributed by atoms with Crippen molar-refractivity contribution in [3.63, 3.8) is 0 Å². The van der Waals surface area contributed by atoms with E-state index in [4.69, 9.17) is 5.11 Å². The lowest BCUT2D eigenvalue weighted by molar-refractivity contribution is -0.196. The molecule has 3 nitrogen and oxygen atoms in total. The SMILES string of the molecule is O=C(O)C1OCCCC1(F)F. The van der Waals surface area contributed by atoms with Gasteiger partial charge in [-0.05, 0) is 6.42 Å². The number of aliphatic carboxylic acids is 1. The van der Waals surface area contributed by atoms with Gasteiger partial charge in [-0.3, -0.25) is 0 Å². The smallest absolute Gasteiger partial charge is 0.339 e. The minimum Gasteiger partial charge on any atom is -0.479 e. The van der Waals surface area contributed by atoms with Gasteiger partial charge in [-0.2, -0.15) is 0 Å². The van der Waals surface area contributed by atoms with Crippen LogP contribution in [0.2, 0.25) is 0 Å². The molecule has 0 aliphatic carbocycles. The Bertz CT molecular complexity index is 169. The number of carboxylic acids is 1. The monoisotopic (exact) mass is 166 g/mol. The van der Waals surface area contributed by atoms with Crippen molar-refractivity contribution in [1.29, 1.82) is 0 Å². The van der Waals surface area contributed by atoms with Crippen LogP contribution in [-0.4, -0.2) is 29.7 Å². The van der Waals surface area contributed by atoms with Crippen molar-refractivity contribution in [3.05, 3.63) is 0 Å². The van der Waals surface area contributed by atoms with Gasteiger partial charge < -0.3 is 9.84 Å². The Morgan fingerprint density at radius 2 is 2.27 bits per heavy atom. The van der Waals surface area contributed by atoms with Gasteiger partial charge in [0.15, 0.2) is 0 Å². The molecule has 11 heavy (non-hydrogen) atoms. The third-order valence-corrected chi connectivity index (χ3v) is 1.55. The van der Waals surface area contributed by atoms with Gasteiger partial charge in [0, 0.05) is 13.0 Å². The van der Waals surface area contributed by atoms with Crippen molar-refractivity contribution >= 4 is 5.97 Å². The highest BCUT2D eigenvalue weighted by Crippen LogP contribution is 2.30. The van der Waals surface area contributed by atoms with Crippen LogP contribution in [0.5, 0.6) is 0 Å². The van der Waals surface area contributed by atoms with Crippen LogP contribution in [0.15, 0.2) is 0 Å². The zero-order valence-corrected chi connectivity index (χ0v) is 5.72. The molecular weight excluding hydrogens is 158 g/mol. The van der Waals surface area contributed by atoms with Crippen LogP contribution in [0.4, 0.5) is 8.78 Å². The number of halogens is 2. The zero-order chi connectivity index (χ0) is 8.48. The molecule has 1 saturated heterocycles. The molecule has 0 aromatic carbocycles. The highest BCUT2D eigenvalue weighted by Gasteiger charge is 2.47. The van der Waals surface area contributed by atoms with Gasteiger partial charge in [0.1, 0.15) is 0 Å². The Kier molecular flexibility index (Phi) is 2.08. The molecule has 1 aliphatic heterocycles. The fourth-order valence-electron chi connectivity index (χ4n) is 1.01. The van der Waals surface area contributed by atoms with E-state index >= 15 is 0 Å². The quantitative estimate of drug-likeness (QED) is 0.629. The molecule has 0 amide bonds. The lowest BCUT2D eigenvalue weighted by Crippen LogP contribution is -2.45. The van der Waals surface area contributed by atoms with Gasteiger partial charge >= 0.3 is 5.97 Å². The van der Waals surface area contributed by atoms with E-state index < -0.39 is 24.4 Å². The van der Waals surface area contributed by atoms with Crippen LogP contribution < -0.4 is 0 Å². The molecular formula is C6H8F2O3. The number of carbonyl (C=O) groups is 1. The second kappa shape index (κ2) is 2.73. The lowest BCUT2D eigenvalue weighted by atomic mass is 10.1. The molecule has 1 rings (SSSR count). The number of ether oxygens (including phenoxy) is 1. The highest BCUT2D eigenvalue weighted by atomic mass is 19.3. The maximum atomic E-state index is 12.6. The standard InChI is InChI=1S/C6H8F2O3/c7-6(8)2-1-3-11-4(6)5(9)10/h4H,1-3H2,(H,9,10). The van der Waals surface area contributed by atoms with Gasteiger partial charge in [0.2, 0.25) is 6.10 Å². The first kappa shape index (κ1) is 8.39. The van der Waals surface area contributed by atoms with Crippen LogP contribution >= 0.6 is 0 Å². The molecule has 1 N–H and O–H groups in total. The Morgan fingerprint density at radius 3 is 2.64 bits per heavy atom. The van der Waals surface area contributed by atoms with E-state index in [0.29, 0.717) is 0 Å². The highest BCUT2D eigenvalue weighted by molar-refractivity contribution is 5.73. The van der Waals surface area contributed by atoms with E-state index in [1.165, 1.54) is 0 Å². The van der Waals surface area contributed by atoms with Gasteiger partial charge in [0.25, 0.3) is 5.92 Å². The van der Waals surface area contributed by atoms with Crippen LogP contribution in [0.1, 0.15) is 12.8 Å². The summed E-state index contributed by atoms with van der Waals surface area (Å²) in [6, 6.07) is 0. The minimum atomic E-state index is -3.20. The number of hydrogen-bond acceptors (Lipinski definition) is 2. The Labute approximate surface area is 62.0 Å². The van der Waals surface area contributed by atoms with E-state index in [1.807, 2.05) is 0 Å². The summed E-state index contributed by atoms with van der Waals surface area (Å²) in [7, 11) is 0. The summed E-state index contributed by atoms with van der Waals surface area (Å²) in [5.41, 5.74) is 0. The summed E-state index contributed by atoms with van der Waals surface area (Å²) in [5, 5.41) is 8.27. The molecule has 0 saturated carbocycles. The molecule has 0 radical (unpaired) electrons. The summed E-state index contributed by atoms with van der Waals surface area (Å²) in [4.78, 5) is 10.2. The molecule has 1 heterocycles. The summed E-state index contributed by atoms with van der Waals surface area (Å²) in [6.45, 7) is 0.104. The van der Waals surface area contributed by atoms with Crippen LogP contribution in [0.3, 0.4) is 0 Å². The molecule has 0 spiro atoms. The largest absolute Gasteiger partial charge is 0.479 e. The van der Waals surface area contributed by atoms with Crippen molar-refractivity contribution in [2.45, 2.75) is 24.9 Å². The van der Waals surface area contributed by atoms with E-state index in [1.54, 1.807) is 0 Å². The van der Waals surface area contributed by atoms with Crippen molar-refractivity contribution in [2.75, 3.05) is 6.61 Å². The number of rotatable bonds is 1. The maximum absolute atomic E-state index is 12.6. The molecule has 0 bridgehead atoms. The number of carboxylic acid groups (broad SMARTS) is 1. The Balaban J connectivity index is 2.67. The fourth-order valence-corrected chi connectivity index (χ4v) is 1.01. The third kappa shape index (κ3) is 1.65. The molecule has 1 fully saturated rings. The van der Waals surface area contributed by atoms with Crippen molar-refractivity contribution < 1.29 is 23.4 Å². The topological polar surface area (TPSA) is 46.5 Å². The average Bonchev–Trinajstić information content (AvgIpc) is 1.85. The molecule has 0 aromatic rings. The summed E-state index contributed by atoms with van der Waals surface area (Å²) < 4.78 is 29.6. The summed E-state index contributed by atoms with van der Waals surface area (Å²) in [6.07, 6.45) is -2.13. The fraction of sp³-hybridized carbons (Fsp3) is 0.833. The zero-order valence-electron chi connectivity index (χ0n) is 5.72. The van der Waals surface area contributed by atoms with Gasteiger partial charge in [-0.25, -0.2) is 13.6 Å². The maximum Gasteiger partial charge on any atom is 0.339 e. The van der Waals surface area contributed by atoms with E-state index in [9.17, 15) is 13.6 Å². The van der Waals surface area contributed by atoms with Gasteiger partial charge in [0.05, 0.1) is 0 Å². The van der Waals surface area contributed by atoms with Gasteiger partial charge in [-0.15, -0.1) is 0 Å². The van der Waals surface area contributed by atoms with Crippen LogP contribution in [-0.2, 0) is 9.53 Å². The molecule has 0 aromatic heterocycles. The predicted molar refractivity (Wildman–Crippen MR) is 31.6 cm³/mol. The summed E-state index contributed by atoms with van der Waals surface area (Å²) in [5.74, 6) is -4.79. The average molecular weight is 166 g/mol. The Morgan fingerprint density at radius 1 is 1.64 bits per heavy atom. The number of hydrogen-bond donors (Lipinski definition) is 1. The van der Waals surface area contributed by atoms with Crippen molar-refractivity contribution in [1.82, 2.24) is 0 Å². The van der Waals surface area contributed by atoms with Gasteiger partial charge in [-0.1, -0.05) is 0 Å². The Hall–Kier alpha value is -0.710. The normalized spacial score (nSPS) is 29.8. The second-order valence-corrected chi connectivity index (χ2v) is 2.45. The molecule has 5 heteroatoms. The van der Waals surface area contributed by atoms with Crippen LogP contribution in [0.25, 0.3) is 0 Å². The molecule has 1 unspecified atom stereocenters. The van der Waals surface area contributed by atoms with E-state index in [2.05, 4.69) is 4.74 Å². The first-order valence-corrected chi connectivity index (χ1v) is 3.26. The second-order valence-electron chi connectivity index (χ2n) is 2.45. The van der Waals surface area contributed by atoms with E-state index in [0.717, 1.165) is 0 Å². The predicted octanol–water partition coefficient (Wildman–Crippen LogP) is 0.885. The first-order chi connectivity index (χ1) is 5.04. The lowest BCUT2D eigenvalue weighted by Gasteiger charge is -2.27. The number of alkyl halides is 2. The van der Waals surface area contributed by atoms with E-state index in [-0.39, 0.29) is 13.0 Å². The van der Waals surface area contributed by atoms with Crippen molar-refractivity contribution in [2.24, 2.45) is 0 Å². The molecule has 1 aliphatic rings. The third-order valence-electron chi connectivity index (χ3n) is 1.55. The van der Waals surface area contributed by atoms with Crippen LogP contribution in [0, 0.1) is 0 Å². The molecule has 64 valence electrons. The molecule has 1 atom stereocenters.